The van der Waals surface area contributed by atoms with Crippen LogP contribution in [-0.4, -0.2) is 11.6 Å². The summed E-state index contributed by atoms with van der Waals surface area (Å²) in [5.41, 5.74) is 0.536. The maximum atomic E-state index is 12.0. The van der Waals surface area contributed by atoms with Gasteiger partial charge in [-0.15, -0.1) is 0 Å². The molecule has 0 aliphatic heterocycles. The van der Waals surface area contributed by atoms with Gasteiger partial charge in [0.1, 0.15) is 5.75 Å². The molecule has 0 saturated carbocycles. The average molecular weight is 266 g/mol. The van der Waals surface area contributed by atoms with Crippen molar-refractivity contribution in [3.8, 4) is 5.75 Å². The second-order valence-corrected chi connectivity index (χ2v) is 3.99. The fourth-order valence-electron chi connectivity index (χ4n) is 1.06. The predicted octanol–water partition coefficient (Wildman–Crippen LogP) is 3.57. The van der Waals surface area contributed by atoms with Gasteiger partial charge in [0.2, 0.25) is 0 Å². The molecule has 14 heavy (non-hydrogen) atoms. The van der Waals surface area contributed by atoms with E-state index in [1.807, 2.05) is 13.8 Å². The van der Waals surface area contributed by atoms with Gasteiger partial charge < -0.3 is 4.74 Å². The van der Waals surface area contributed by atoms with E-state index >= 15 is 0 Å². The Bertz CT molecular complexity index is 318. The predicted molar refractivity (Wildman–Crippen MR) is 52.7 cm³/mol. The Kier molecular flexibility index (Phi) is 3.80. The highest BCUT2D eigenvalue weighted by molar-refractivity contribution is 9.10. The fourth-order valence-corrected chi connectivity index (χ4v) is 1.37. The van der Waals surface area contributed by atoms with Crippen LogP contribution in [0.4, 0.5) is 8.78 Å². The van der Waals surface area contributed by atoms with E-state index < -0.39 is 6.61 Å². The van der Waals surface area contributed by atoms with E-state index in [-0.39, 0.29) is 11.7 Å². The third-order valence-electron chi connectivity index (χ3n) is 1.61. The van der Waals surface area contributed by atoms with Gasteiger partial charge in [-0.05, 0) is 27.9 Å². The first-order chi connectivity index (χ1) is 6.50. The number of hydrogen-bond donors (Lipinski definition) is 0. The molecule has 78 valence electrons. The standard InChI is InChI=1S/C9H10BrF2NO/c1-5(2)8-7(14-9(11)12)3-6(10)4-13-8/h3-5,9H,1-2H3. The van der Waals surface area contributed by atoms with Gasteiger partial charge >= 0.3 is 6.61 Å². The largest absolute Gasteiger partial charge is 0.433 e. The molecule has 1 aromatic heterocycles. The van der Waals surface area contributed by atoms with E-state index in [1.165, 1.54) is 6.07 Å². The molecule has 0 amide bonds. The smallest absolute Gasteiger partial charge is 0.387 e. The Hall–Kier alpha value is -0.710. The van der Waals surface area contributed by atoms with Gasteiger partial charge in [0.05, 0.1) is 5.69 Å². The molecule has 0 bridgehead atoms. The highest BCUT2D eigenvalue weighted by Gasteiger charge is 2.13. The Morgan fingerprint density at radius 2 is 2.07 bits per heavy atom. The highest BCUT2D eigenvalue weighted by Crippen LogP contribution is 2.28. The second kappa shape index (κ2) is 4.68. The summed E-state index contributed by atoms with van der Waals surface area (Å²) in [6.45, 7) is 0.923. The molecule has 0 N–H and O–H groups in total. The number of alkyl halides is 2. The lowest BCUT2D eigenvalue weighted by Crippen LogP contribution is -2.06. The molecule has 0 atom stereocenters. The van der Waals surface area contributed by atoms with E-state index in [4.69, 9.17) is 0 Å². The maximum Gasteiger partial charge on any atom is 0.387 e. The highest BCUT2D eigenvalue weighted by atomic mass is 79.9. The molecule has 2 nitrogen and oxygen atoms in total. The van der Waals surface area contributed by atoms with Gasteiger partial charge in [-0.25, -0.2) is 0 Å². The van der Waals surface area contributed by atoms with Crippen molar-refractivity contribution in [3.05, 3.63) is 22.4 Å². The normalized spacial score (nSPS) is 11.1. The van der Waals surface area contributed by atoms with Gasteiger partial charge in [0, 0.05) is 10.7 Å². The summed E-state index contributed by atoms with van der Waals surface area (Å²) in [5.74, 6) is 0.182. The van der Waals surface area contributed by atoms with E-state index in [1.54, 1.807) is 6.20 Å². The number of hydrogen-bond acceptors (Lipinski definition) is 2. The van der Waals surface area contributed by atoms with Gasteiger partial charge in [0.15, 0.2) is 0 Å². The minimum absolute atomic E-state index is 0.0526. The summed E-state index contributed by atoms with van der Waals surface area (Å²) >= 11 is 3.15. The Morgan fingerprint density at radius 3 is 2.57 bits per heavy atom. The zero-order valence-corrected chi connectivity index (χ0v) is 9.38. The van der Waals surface area contributed by atoms with Crippen molar-refractivity contribution in [1.29, 1.82) is 0 Å². The topological polar surface area (TPSA) is 22.1 Å². The molecule has 0 unspecified atom stereocenters. The molecule has 0 spiro atoms. The summed E-state index contributed by atoms with van der Waals surface area (Å²) < 4.78 is 29.0. The first-order valence-electron chi connectivity index (χ1n) is 4.11. The van der Waals surface area contributed by atoms with Gasteiger partial charge in [0.25, 0.3) is 0 Å². The molecule has 0 saturated heterocycles. The summed E-state index contributed by atoms with van der Waals surface area (Å²) in [6, 6.07) is 1.49. The van der Waals surface area contributed by atoms with Crippen LogP contribution in [0.3, 0.4) is 0 Å². The van der Waals surface area contributed by atoms with Crippen molar-refractivity contribution in [3.63, 3.8) is 0 Å². The van der Waals surface area contributed by atoms with Crippen molar-refractivity contribution in [2.24, 2.45) is 0 Å². The van der Waals surface area contributed by atoms with E-state index in [2.05, 4.69) is 25.7 Å². The van der Waals surface area contributed by atoms with Crippen LogP contribution < -0.4 is 4.74 Å². The molecular formula is C9H10BrF2NO. The van der Waals surface area contributed by atoms with Crippen molar-refractivity contribution in [2.75, 3.05) is 0 Å². The zero-order chi connectivity index (χ0) is 10.7. The first-order valence-corrected chi connectivity index (χ1v) is 4.90. The van der Waals surface area contributed by atoms with E-state index in [9.17, 15) is 8.78 Å². The number of nitrogens with zero attached hydrogens (tertiary/aromatic N) is 1. The number of ether oxygens (including phenoxy) is 1. The summed E-state index contributed by atoms with van der Waals surface area (Å²) in [4.78, 5) is 4.03. The lowest BCUT2D eigenvalue weighted by atomic mass is 10.1. The monoisotopic (exact) mass is 265 g/mol. The SMILES string of the molecule is CC(C)c1ncc(Br)cc1OC(F)F. The zero-order valence-electron chi connectivity index (χ0n) is 7.80. The van der Waals surface area contributed by atoms with Crippen molar-refractivity contribution in [1.82, 2.24) is 4.98 Å². The minimum atomic E-state index is -2.82. The van der Waals surface area contributed by atoms with Gasteiger partial charge in [-0.1, -0.05) is 13.8 Å². The van der Waals surface area contributed by atoms with Crippen LogP contribution in [0.15, 0.2) is 16.7 Å². The van der Waals surface area contributed by atoms with Crippen molar-refractivity contribution < 1.29 is 13.5 Å². The lowest BCUT2D eigenvalue weighted by molar-refractivity contribution is -0.0508. The third kappa shape index (κ3) is 2.90. The van der Waals surface area contributed by atoms with Crippen LogP contribution in [0.2, 0.25) is 0 Å². The fraction of sp³-hybridized carbons (Fsp3) is 0.444. The number of rotatable bonds is 3. The second-order valence-electron chi connectivity index (χ2n) is 3.07. The quantitative estimate of drug-likeness (QED) is 0.834. The molecule has 0 fully saturated rings. The summed E-state index contributed by atoms with van der Waals surface area (Å²) in [7, 11) is 0. The molecule has 0 aliphatic rings. The number of pyridine rings is 1. The summed E-state index contributed by atoms with van der Waals surface area (Å²) in [5, 5.41) is 0. The lowest BCUT2D eigenvalue weighted by Gasteiger charge is -2.12. The maximum absolute atomic E-state index is 12.0. The Balaban J connectivity index is 3.03. The average Bonchev–Trinajstić information content (AvgIpc) is 2.01. The third-order valence-corrected chi connectivity index (χ3v) is 2.04. The van der Waals surface area contributed by atoms with Crippen LogP contribution in [0.5, 0.6) is 5.75 Å². The van der Waals surface area contributed by atoms with Crippen LogP contribution in [0.1, 0.15) is 25.5 Å². The van der Waals surface area contributed by atoms with Crippen molar-refractivity contribution >= 4 is 15.9 Å². The molecule has 5 heteroatoms. The summed E-state index contributed by atoms with van der Waals surface area (Å²) in [6.07, 6.45) is 1.56. The molecule has 0 aromatic carbocycles. The van der Waals surface area contributed by atoms with Crippen LogP contribution in [-0.2, 0) is 0 Å². The van der Waals surface area contributed by atoms with E-state index in [0.717, 1.165) is 0 Å². The van der Waals surface area contributed by atoms with E-state index in [0.29, 0.717) is 10.2 Å². The molecule has 1 heterocycles. The van der Waals surface area contributed by atoms with Crippen LogP contribution in [0, 0.1) is 0 Å². The Labute approximate surface area is 89.4 Å². The molecule has 0 radical (unpaired) electrons. The minimum Gasteiger partial charge on any atom is -0.433 e. The molecule has 1 aromatic rings. The first kappa shape index (κ1) is 11.4. The number of halogens is 3. The van der Waals surface area contributed by atoms with Gasteiger partial charge in [-0.3, -0.25) is 4.98 Å². The molecular weight excluding hydrogens is 256 g/mol. The molecule has 1 rings (SSSR count). The molecule has 0 aliphatic carbocycles. The van der Waals surface area contributed by atoms with Crippen LogP contribution in [0.25, 0.3) is 0 Å². The van der Waals surface area contributed by atoms with Gasteiger partial charge in [-0.2, -0.15) is 8.78 Å². The Morgan fingerprint density at radius 1 is 1.43 bits per heavy atom. The number of aromatic nitrogens is 1. The van der Waals surface area contributed by atoms with Crippen LogP contribution >= 0.6 is 15.9 Å². The van der Waals surface area contributed by atoms with Crippen molar-refractivity contribution in [2.45, 2.75) is 26.4 Å².